The van der Waals surface area contributed by atoms with E-state index in [9.17, 15) is 4.79 Å². The van der Waals surface area contributed by atoms with Gasteiger partial charge in [-0.1, -0.05) is 5.92 Å². The van der Waals surface area contributed by atoms with Crippen LogP contribution in [0, 0.1) is 11.8 Å². The molecule has 0 bridgehead atoms. The standard InChI is InChI=1S/C14H16N2O/c1-15-8-10-16(11-9-15)14-6-4-13(5-7-14)3-2-12-17/h4-7,12H,8-11H2,1H3. The maximum absolute atomic E-state index is 10.1. The molecule has 1 heterocycles. The largest absolute Gasteiger partial charge is 0.369 e. The van der Waals surface area contributed by atoms with Gasteiger partial charge in [0.05, 0.1) is 0 Å². The van der Waals surface area contributed by atoms with E-state index in [1.54, 1.807) is 0 Å². The van der Waals surface area contributed by atoms with Gasteiger partial charge in [0.15, 0.2) is 6.29 Å². The summed E-state index contributed by atoms with van der Waals surface area (Å²) in [4.78, 5) is 14.8. The molecule has 1 aromatic rings. The molecule has 1 aromatic carbocycles. The van der Waals surface area contributed by atoms with Crippen LogP contribution in [0.5, 0.6) is 0 Å². The molecule has 1 aliphatic heterocycles. The summed E-state index contributed by atoms with van der Waals surface area (Å²) in [5.41, 5.74) is 2.12. The van der Waals surface area contributed by atoms with Crippen molar-refractivity contribution in [3.8, 4) is 11.8 Å². The Hall–Kier alpha value is -1.79. The van der Waals surface area contributed by atoms with Crippen LogP contribution < -0.4 is 4.90 Å². The van der Waals surface area contributed by atoms with Crippen LogP contribution in [-0.4, -0.2) is 44.4 Å². The summed E-state index contributed by atoms with van der Waals surface area (Å²) in [6, 6.07) is 8.06. The minimum Gasteiger partial charge on any atom is -0.369 e. The molecule has 1 aliphatic rings. The molecule has 1 saturated heterocycles. The van der Waals surface area contributed by atoms with Gasteiger partial charge in [0, 0.05) is 37.4 Å². The number of carbonyl (C=O) groups excluding carboxylic acids is 1. The van der Waals surface area contributed by atoms with Crippen molar-refractivity contribution in [3.05, 3.63) is 29.8 Å². The zero-order chi connectivity index (χ0) is 12.1. The van der Waals surface area contributed by atoms with E-state index in [1.165, 1.54) is 5.69 Å². The molecule has 0 unspecified atom stereocenters. The molecule has 0 radical (unpaired) electrons. The van der Waals surface area contributed by atoms with Crippen molar-refractivity contribution in [2.24, 2.45) is 0 Å². The number of rotatable bonds is 1. The van der Waals surface area contributed by atoms with Gasteiger partial charge in [-0.2, -0.15) is 0 Å². The van der Waals surface area contributed by atoms with E-state index >= 15 is 0 Å². The van der Waals surface area contributed by atoms with E-state index in [0.717, 1.165) is 31.7 Å². The van der Waals surface area contributed by atoms with Crippen LogP contribution in [0.3, 0.4) is 0 Å². The number of piperazine rings is 1. The van der Waals surface area contributed by atoms with Crippen LogP contribution in [0.1, 0.15) is 5.56 Å². The van der Waals surface area contributed by atoms with Crippen LogP contribution in [0.2, 0.25) is 0 Å². The minimum atomic E-state index is 0.619. The van der Waals surface area contributed by atoms with Gasteiger partial charge in [-0.3, -0.25) is 4.79 Å². The fraction of sp³-hybridized carbons (Fsp3) is 0.357. The van der Waals surface area contributed by atoms with E-state index in [2.05, 4.69) is 40.8 Å². The van der Waals surface area contributed by atoms with Crippen molar-refractivity contribution in [1.82, 2.24) is 4.90 Å². The predicted octanol–water partition coefficient (Wildman–Crippen LogP) is 0.989. The van der Waals surface area contributed by atoms with Crippen molar-refractivity contribution in [1.29, 1.82) is 0 Å². The van der Waals surface area contributed by atoms with E-state index < -0.39 is 0 Å². The molecule has 1 fully saturated rings. The first kappa shape index (κ1) is 11.7. The smallest absolute Gasteiger partial charge is 0.193 e. The molecule has 17 heavy (non-hydrogen) atoms. The Balaban J connectivity index is 2.05. The van der Waals surface area contributed by atoms with Gasteiger partial charge in [0.2, 0.25) is 0 Å². The highest BCUT2D eigenvalue weighted by atomic mass is 16.1. The first-order valence-corrected chi connectivity index (χ1v) is 5.78. The monoisotopic (exact) mass is 228 g/mol. The van der Waals surface area contributed by atoms with Gasteiger partial charge < -0.3 is 9.80 Å². The molecule has 0 aliphatic carbocycles. The number of aldehydes is 1. The van der Waals surface area contributed by atoms with Crippen molar-refractivity contribution in [2.75, 3.05) is 38.1 Å². The summed E-state index contributed by atoms with van der Waals surface area (Å²) >= 11 is 0. The Morgan fingerprint density at radius 2 is 1.76 bits per heavy atom. The fourth-order valence-electron chi connectivity index (χ4n) is 1.93. The van der Waals surface area contributed by atoms with E-state index in [1.807, 2.05) is 12.1 Å². The maximum atomic E-state index is 10.1. The fourth-order valence-corrected chi connectivity index (χ4v) is 1.93. The number of nitrogens with zero attached hydrogens (tertiary/aromatic N) is 2. The average Bonchev–Trinajstić information content (AvgIpc) is 2.38. The van der Waals surface area contributed by atoms with Crippen LogP contribution in [0.15, 0.2) is 24.3 Å². The number of likely N-dealkylation sites (N-methyl/N-ethyl adjacent to an activating group) is 1. The molecule has 88 valence electrons. The molecule has 0 atom stereocenters. The molecule has 0 spiro atoms. The SMILES string of the molecule is CN1CCN(c2ccc(C#CC=O)cc2)CC1. The summed E-state index contributed by atoms with van der Waals surface area (Å²) in [6.45, 7) is 4.34. The Labute approximate surface area is 102 Å². The maximum Gasteiger partial charge on any atom is 0.193 e. The van der Waals surface area contributed by atoms with Crippen LogP contribution in [0.25, 0.3) is 0 Å². The predicted molar refractivity (Wildman–Crippen MR) is 69.1 cm³/mol. The highest BCUT2D eigenvalue weighted by molar-refractivity contribution is 5.74. The molecule has 2 rings (SSSR count). The summed E-state index contributed by atoms with van der Waals surface area (Å²) in [6.07, 6.45) is 0.619. The third-order valence-corrected chi connectivity index (χ3v) is 3.01. The lowest BCUT2D eigenvalue weighted by atomic mass is 10.2. The lowest BCUT2D eigenvalue weighted by Gasteiger charge is -2.34. The van der Waals surface area contributed by atoms with E-state index in [0.29, 0.717) is 6.29 Å². The lowest BCUT2D eigenvalue weighted by Crippen LogP contribution is -2.44. The quantitative estimate of drug-likeness (QED) is 0.529. The second-order valence-corrected chi connectivity index (χ2v) is 4.22. The van der Waals surface area contributed by atoms with Crippen molar-refractivity contribution >= 4 is 12.0 Å². The number of carbonyl (C=O) groups is 1. The van der Waals surface area contributed by atoms with Gasteiger partial charge in [-0.05, 0) is 37.2 Å². The van der Waals surface area contributed by atoms with Gasteiger partial charge >= 0.3 is 0 Å². The molecule has 0 aromatic heterocycles. The highest BCUT2D eigenvalue weighted by Gasteiger charge is 2.13. The van der Waals surface area contributed by atoms with E-state index in [-0.39, 0.29) is 0 Å². The second kappa shape index (κ2) is 5.51. The molecule has 3 heteroatoms. The zero-order valence-corrected chi connectivity index (χ0v) is 10.0. The topological polar surface area (TPSA) is 23.6 Å². The number of hydrogen-bond acceptors (Lipinski definition) is 3. The van der Waals surface area contributed by atoms with Gasteiger partial charge in [0.1, 0.15) is 0 Å². The molecule has 3 nitrogen and oxygen atoms in total. The molecule has 0 amide bonds. The van der Waals surface area contributed by atoms with Gasteiger partial charge in [-0.15, -0.1) is 0 Å². The number of anilines is 1. The molecule has 0 saturated carbocycles. The average molecular weight is 228 g/mol. The van der Waals surface area contributed by atoms with Crippen LogP contribution >= 0.6 is 0 Å². The Morgan fingerprint density at radius 1 is 1.12 bits per heavy atom. The summed E-state index contributed by atoms with van der Waals surface area (Å²) < 4.78 is 0. The summed E-state index contributed by atoms with van der Waals surface area (Å²) in [7, 11) is 2.15. The number of benzene rings is 1. The first-order valence-electron chi connectivity index (χ1n) is 5.78. The van der Waals surface area contributed by atoms with E-state index in [4.69, 9.17) is 0 Å². The Kier molecular flexibility index (Phi) is 3.79. The number of hydrogen-bond donors (Lipinski definition) is 0. The normalized spacial score (nSPS) is 16.2. The van der Waals surface area contributed by atoms with Crippen molar-refractivity contribution in [3.63, 3.8) is 0 Å². The van der Waals surface area contributed by atoms with Crippen LogP contribution in [0.4, 0.5) is 5.69 Å². The van der Waals surface area contributed by atoms with Crippen molar-refractivity contribution in [2.45, 2.75) is 0 Å². The third-order valence-electron chi connectivity index (χ3n) is 3.01. The third kappa shape index (κ3) is 3.08. The Bertz CT molecular complexity index is 434. The summed E-state index contributed by atoms with van der Waals surface area (Å²) in [5, 5.41) is 0. The van der Waals surface area contributed by atoms with Gasteiger partial charge in [-0.25, -0.2) is 0 Å². The Morgan fingerprint density at radius 3 is 2.35 bits per heavy atom. The minimum absolute atomic E-state index is 0.619. The highest BCUT2D eigenvalue weighted by Crippen LogP contribution is 2.16. The van der Waals surface area contributed by atoms with Gasteiger partial charge in [0.25, 0.3) is 0 Å². The second-order valence-electron chi connectivity index (χ2n) is 4.22. The lowest BCUT2D eigenvalue weighted by molar-refractivity contribution is -0.103. The zero-order valence-electron chi connectivity index (χ0n) is 10.0. The van der Waals surface area contributed by atoms with Crippen LogP contribution in [-0.2, 0) is 4.79 Å². The summed E-state index contributed by atoms with van der Waals surface area (Å²) in [5.74, 6) is 5.21. The molecule has 0 N–H and O–H groups in total. The van der Waals surface area contributed by atoms with Crippen molar-refractivity contribution < 1.29 is 4.79 Å². The molecular weight excluding hydrogens is 212 g/mol. The molecular formula is C14H16N2O. The first-order chi connectivity index (χ1) is 8.29.